The summed E-state index contributed by atoms with van der Waals surface area (Å²) in [6.45, 7) is 2.36. The molecule has 0 aromatic carbocycles. The number of hydrogen-bond donors (Lipinski definition) is 0. The number of ether oxygens (including phenoxy) is 1. The van der Waals surface area contributed by atoms with Gasteiger partial charge in [0.1, 0.15) is 0 Å². The lowest BCUT2D eigenvalue weighted by Crippen LogP contribution is -1.89. The Balaban J connectivity index is 2.77. The maximum atomic E-state index is 7.17. The molecular formula is C6H8ClNOS. The first kappa shape index (κ1) is 5.38. The predicted octanol–water partition coefficient (Wildman–Crippen LogP) is 2.28. The van der Waals surface area contributed by atoms with Gasteiger partial charge in [0.2, 0.25) is 5.88 Å². The minimum atomic E-state index is -1.84. The van der Waals surface area contributed by atoms with Crippen molar-refractivity contribution in [2.24, 2.45) is 0 Å². The highest BCUT2D eigenvalue weighted by Gasteiger charge is 1.98. The topological polar surface area (TPSA) is 22.1 Å². The lowest BCUT2D eigenvalue weighted by molar-refractivity contribution is 0.330. The van der Waals surface area contributed by atoms with E-state index in [4.69, 9.17) is 19.1 Å². The van der Waals surface area contributed by atoms with Crippen molar-refractivity contribution in [1.82, 2.24) is 4.37 Å². The highest BCUT2D eigenvalue weighted by Crippen LogP contribution is 2.17. The normalized spacial score (nSPS) is 14.2. The Labute approximate surface area is 71.8 Å². The molecule has 56 valence electrons. The Morgan fingerprint density at radius 3 is 3.30 bits per heavy atom. The molecule has 0 bridgehead atoms. The van der Waals surface area contributed by atoms with Crippen LogP contribution in [0.3, 0.4) is 0 Å². The van der Waals surface area contributed by atoms with Gasteiger partial charge in [-0.1, -0.05) is 0 Å². The summed E-state index contributed by atoms with van der Waals surface area (Å²) in [5, 5.41) is 0. The number of aromatic nitrogens is 1. The molecule has 1 aromatic heterocycles. The molecule has 0 saturated carbocycles. The van der Waals surface area contributed by atoms with Gasteiger partial charge < -0.3 is 4.74 Å². The molecule has 1 aromatic rings. The minimum absolute atomic E-state index is 0.368. The molecule has 0 fully saturated rings. The van der Waals surface area contributed by atoms with Crippen LogP contribution in [0, 0.1) is 0 Å². The zero-order chi connectivity index (χ0) is 9.19. The second-order valence-corrected chi connectivity index (χ2v) is 2.55. The van der Waals surface area contributed by atoms with Crippen LogP contribution in [0.1, 0.15) is 14.5 Å². The van der Waals surface area contributed by atoms with Gasteiger partial charge in [0.25, 0.3) is 0 Å². The highest BCUT2D eigenvalue weighted by molar-refractivity contribution is 7.06. The van der Waals surface area contributed by atoms with Crippen LogP contribution < -0.4 is 4.74 Å². The lowest BCUT2D eigenvalue weighted by Gasteiger charge is -1.92. The third-order valence-electron chi connectivity index (χ3n) is 0.874. The molecular weight excluding hydrogens is 170 g/mol. The van der Waals surface area contributed by atoms with Gasteiger partial charge in [-0.15, -0.1) is 11.6 Å². The first-order chi connectivity index (χ1) is 5.54. The van der Waals surface area contributed by atoms with Crippen molar-refractivity contribution in [3.8, 4) is 5.88 Å². The maximum absolute atomic E-state index is 7.17. The summed E-state index contributed by atoms with van der Waals surface area (Å²) in [6, 6.07) is 1.52. The Morgan fingerprint density at radius 1 is 2.00 bits per heavy atom. The molecule has 0 atom stereocenters. The van der Waals surface area contributed by atoms with Crippen molar-refractivity contribution >= 4 is 23.1 Å². The fourth-order valence-electron chi connectivity index (χ4n) is 0.519. The Morgan fingerprint density at radius 2 is 2.80 bits per heavy atom. The Hall–Kier alpha value is -0.280. The molecule has 4 heteroatoms. The zero-order valence-corrected chi connectivity index (χ0v) is 7.00. The summed E-state index contributed by atoms with van der Waals surface area (Å²) in [5.41, 5.74) is 0. The van der Waals surface area contributed by atoms with Crippen molar-refractivity contribution in [1.29, 1.82) is 0 Å². The molecule has 0 radical (unpaired) electrons. The summed E-state index contributed by atoms with van der Waals surface area (Å²) in [7, 11) is 0. The van der Waals surface area contributed by atoms with Gasteiger partial charge in [-0.25, -0.2) is 0 Å². The van der Waals surface area contributed by atoms with E-state index >= 15 is 0 Å². The molecule has 0 spiro atoms. The lowest BCUT2D eigenvalue weighted by atomic mass is 10.5. The van der Waals surface area contributed by atoms with Crippen LogP contribution in [-0.2, 0) is 5.83 Å². The van der Waals surface area contributed by atoms with Crippen molar-refractivity contribution in [2.75, 3.05) is 6.61 Å². The van der Waals surface area contributed by atoms with Crippen LogP contribution in [-0.4, -0.2) is 11.0 Å². The van der Waals surface area contributed by atoms with Crippen molar-refractivity contribution in [2.45, 2.75) is 12.8 Å². The van der Waals surface area contributed by atoms with E-state index in [-0.39, 0.29) is 0 Å². The number of rotatable bonds is 3. The third kappa shape index (κ3) is 1.85. The first-order valence-corrected chi connectivity index (χ1v) is 3.98. The molecule has 0 saturated heterocycles. The molecule has 10 heavy (non-hydrogen) atoms. The second-order valence-electron chi connectivity index (χ2n) is 1.56. The van der Waals surface area contributed by atoms with Crippen LogP contribution in [0.4, 0.5) is 0 Å². The van der Waals surface area contributed by atoms with Gasteiger partial charge in [-0.05, 0) is 18.5 Å². The molecule has 1 heterocycles. The number of nitrogens with zero attached hydrogens (tertiary/aromatic N) is 1. The fraction of sp³-hybridized carbons (Fsp3) is 0.500. The van der Waals surface area contributed by atoms with E-state index in [1.54, 1.807) is 0 Å². The second kappa shape index (κ2) is 3.78. The largest absolute Gasteiger partial charge is 0.477 e. The number of halogens is 1. The predicted molar refractivity (Wildman–Crippen MR) is 42.8 cm³/mol. The van der Waals surface area contributed by atoms with Crippen molar-refractivity contribution < 1.29 is 7.48 Å². The molecule has 0 aliphatic heterocycles. The van der Waals surface area contributed by atoms with Gasteiger partial charge in [0, 0.05) is 13.7 Å². The maximum Gasteiger partial charge on any atom is 0.225 e. The van der Waals surface area contributed by atoms with Crippen LogP contribution in [0.5, 0.6) is 5.88 Å². The quantitative estimate of drug-likeness (QED) is 0.665. The molecule has 0 unspecified atom stereocenters. The average Bonchev–Trinajstić information content (AvgIpc) is 2.35. The first-order valence-electron chi connectivity index (χ1n) is 3.83. The molecule has 0 aliphatic carbocycles. The molecule has 0 amide bonds. The number of alkyl halides is 1. The van der Waals surface area contributed by atoms with Gasteiger partial charge >= 0.3 is 0 Å². The summed E-state index contributed by atoms with van der Waals surface area (Å²) >= 11 is 6.43. The van der Waals surface area contributed by atoms with Crippen LogP contribution in [0.2, 0.25) is 0 Å². The van der Waals surface area contributed by atoms with E-state index in [9.17, 15) is 0 Å². The van der Waals surface area contributed by atoms with Gasteiger partial charge in [-0.3, -0.25) is 0 Å². The van der Waals surface area contributed by atoms with Gasteiger partial charge in [0.05, 0.1) is 12.4 Å². The fourth-order valence-corrected chi connectivity index (χ4v) is 1.16. The smallest absolute Gasteiger partial charge is 0.225 e. The van der Waals surface area contributed by atoms with E-state index in [1.165, 1.54) is 6.07 Å². The molecule has 2 nitrogen and oxygen atoms in total. The Kier molecular flexibility index (Phi) is 2.04. The van der Waals surface area contributed by atoms with Crippen LogP contribution in [0.25, 0.3) is 0 Å². The average molecular weight is 180 g/mol. The number of hydrogen-bond acceptors (Lipinski definition) is 3. The van der Waals surface area contributed by atoms with Crippen LogP contribution >= 0.6 is 23.1 Å². The van der Waals surface area contributed by atoms with Crippen molar-refractivity contribution in [3.05, 3.63) is 10.9 Å². The van der Waals surface area contributed by atoms with Gasteiger partial charge in [-0.2, -0.15) is 4.37 Å². The summed E-state index contributed by atoms with van der Waals surface area (Å²) in [4.78, 5) is 0.368. The highest BCUT2D eigenvalue weighted by atomic mass is 35.5. The Bertz CT molecular complexity index is 260. The van der Waals surface area contributed by atoms with Gasteiger partial charge in [0.15, 0.2) is 0 Å². The van der Waals surface area contributed by atoms with Crippen molar-refractivity contribution in [3.63, 3.8) is 0 Å². The molecule has 0 N–H and O–H groups in total. The molecule has 1 rings (SSSR count). The summed E-state index contributed by atoms with van der Waals surface area (Å²) in [6.07, 6.45) is 0. The SMILES string of the molecule is [2H]C([2H])(Cl)c1cc(OCC)ns1. The summed E-state index contributed by atoms with van der Waals surface area (Å²) < 4.78 is 23.3. The third-order valence-corrected chi connectivity index (χ3v) is 1.88. The summed E-state index contributed by atoms with van der Waals surface area (Å²) in [5.74, 6) is -1.41. The van der Waals surface area contributed by atoms with E-state index < -0.39 is 5.83 Å². The standard InChI is InChI=1S/C6H8ClNOS/c1-2-9-6-3-5(4-7)10-8-6/h3H,2,4H2,1H3/i4D2. The van der Waals surface area contributed by atoms with Crippen LogP contribution in [0.15, 0.2) is 6.07 Å². The minimum Gasteiger partial charge on any atom is -0.477 e. The zero-order valence-electron chi connectivity index (χ0n) is 7.43. The van der Waals surface area contributed by atoms with E-state index in [0.717, 1.165) is 11.5 Å². The molecule has 0 aliphatic rings. The van der Waals surface area contributed by atoms with E-state index in [0.29, 0.717) is 17.4 Å². The van der Waals surface area contributed by atoms with E-state index in [2.05, 4.69) is 4.37 Å². The van der Waals surface area contributed by atoms with E-state index in [1.807, 2.05) is 6.92 Å². The monoisotopic (exact) mass is 179 g/mol.